The van der Waals surface area contributed by atoms with Gasteiger partial charge in [0.1, 0.15) is 0 Å². The molecule has 4 rings (SSSR count). The van der Waals surface area contributed by atoms with Crippen LogP contribution in [0.4, 0.5) is 0 Å². The Labute approximate surface area is 146 Å². The lowest BCUT2D eigenvalue weighted by Crippen LogP contribution is -1.99. The van der Waals surface area contributed by atoms with Crippen LogP contribution in [0.15, 0.2) is 84.9 Å². The van der Waals surface area contributed by atoms with Crippen LogP contribution in [-0.4, -0.2) is 14.9 Å². The Morgan fingerprint density at radius 1 is 0.720 bits per heavy atom. The quantitative estimate of drug-likeness (QED) is 0.560. The lowest BCUT2D eigenvalue weighted by molar-refractivity contribution is 0.449. The summed E-state index contributed by atoms with van der Waals surface area (Å²) in [5.41, 5.74) is 5.68. The van der Waals surface area contributed by atoms with E-state index in [1.54, 1.807) is 0 Å². The fraction of sp³-hybridized carbons (Fsp3) is 0.0455. The second-order valence-corrected chi connectivity index (χ2v) is 6.03. The summed E-state index contributed by atoms with van der Waals surface area (Å²) < 4.78 is 1.81. The number of benzene rings is 3. The summed E-state index contributed by atoms with van der Waals surface area (Å²) in [5.74, 6) is 0.0330. The molecule has 3 heteroatoms. The highest BCUT2D eigenvalue weighted by Gasteiger charge is 2.21. The van der Waals surface area contributed by atoms with E-state index in [0.29, 0.717) is 0 Å². The highest BCUT2D eigenvalue weighted by atomic mass is 16.3. The number of aromatic hydroxyl groups is 1. The monoisotopic (exact) mass is 326 g/mol. The predicted molar refractivity (Wildman–Crippen MR) is 101 cm³/mol. The Bertz CT molecular complexity index is 988. The summed E-state index contributed by atoms with van der Waals surface area (Å²) in [7, 11) is 0. The normalized spacial score (nSPS) is 10.8. The third kappa shape index (κ3) is 2.81. The Balaban J connectivity index is 2.01. The molecule has 0 unspecified atom stereocenters. The first kappa shape index (κ1) is 15.2. The molecule has 4 aromatic rings. The molecule has 0 spiro atoms. The van der Waals surface area contributed by atoms with Gasteiger partial charge in [-0.05, 0) is 24.6 Å². The van der Waals surface area contributed by atoms with Crippen LogP contribution < -0.4 is 0 Å². The summed E-state index contributed by atoms with van der Waals surface area (Å²) in [6, 6.07) is 28.0. The minimum atomic E-state index is 0.0330. The molecule has 0 fully saturated rings. The third-order valence-electron chi connectivity index (χ3n) is 4.26. The van der Waals surface area contributed by atoms with Crippen LogP contribution >= 0.6 is 0 Å². The van der Waals surface area contributed by atoms with E-state index >= 15 is 0 Å². The van der Waals surface area contributed by atoms with Crippen LogP contribution in [0.1, 0.15) is 5.56 Å². The van der Waals surface area contributed by atoms with E-state index in [0.717, 1.165) is 28.1 Å². The van der Waals surface area contributed by atoms with Crippen molar-refractivity contribution in [3.63, 3.8) is 0 Å². The third-order valence-corrected chi connectivity index (χ3v) is 4.26. The summed E-state index contributed by atoms with van der Waals surface area (Å²) in [6.45, 7) is 2.05. The number of hydrogen-bond acceptors (Lipinski definition) is 2. The van der Waals surface area contributed by atoms with Crippen molar-refractivity contribution in [3.8, 4) is 34.0 Å². The highest BCUT2D eigenvalue weighted by molar-refractivity contribution is 5.85. The summed E-state index contributed by atoms with van der Waals surface area (Å²) in [4.78, 5) is 0. The smallest absolute Gasteiger partial charge is 0.239 e. The molecular formula is C22H18N2O. The van der Waals surface area contributed by atoms with E-state index < -0.39 is 0 Å². The molecule has 0 amide bonds. The zero-order chi connectivity index (χ0) is 17.2. The summed E-state index contributed by atoms with van der Waals surface area (Å²) in [5, 5.41) is 15.0. The van der Waals surface area contributed by atoms with Gasteiger partial charge >= 0.3 is 0 Å². The Kier molecular flexibility index (Phi) is 3.82. The molecule has 25 heavy (non-hydrogen) atoms. The van der Waals surface area contributed by atoms with Gasteiger partial charge in [0.05, 0.1) is 16.9 Å². The van der Waals surface area contributed by atoms with Gasteiger partial charge in [0, 0.05) is 5.56 Å². The summed E-state index contributed by atoms with van der Waals surface area (Å²) in [6.07, 6.45) is 0. The molecule has 0 radical (unpaired) electrons. The van der Waals surface area contributed by atoms with Gasteiger partial charge in [-0.15, -0.1) is 5.10 Å². The molecule has 0 aliphatic carbocycles. The minimum absolute atomic E-state index is 0.0330. The van der Waals surface area contributed by atoms with Crippen LogP contribution in [-0.2, 0) is 0 Å². The topological polar surface area (TPSA) is 38.0 Å². The zero-order valence-electron chi connectivity index (χ0n) is 13.9. The Morgan fingerprint density at radius 2 is 1.28 bits per heavy atom. The fourth-order valence-corrected chi connectivity index (χ4v) is 3.01. The first-order valence-corrected chi connectivity index (χ1v) is 8.24. The van der Waals surface area contributed by atoms with E-state index in [-0.39, 0.29) is 5.88 Å². The SMILES string of the molecule is Cc1ccc(-n2nc(O)c(-c3ccccc3)c2-c2ccccc2)cc1. The number of aryl methyl sites for hydroxylation is 1. The number of aromatic nitrogens is 2. The summed E-state index contributed by atoms with van der Waals surface area (Å²) >= 11 is 0. The molecule has 1 heterocycles. The van der Waals surface area contributed by atoms with Gasteiger partial charge in [0.2, 0.25) is 5.88 Å². The number of rotatable bonds is 3. The van der Waals surface area contributed by atoms with E-state index in [1.165, 1.54) is 5.56 Å². The first-order valence-electron chi connectivity index (χ1n) is 8.24. The zero-order valence-corrected chi connectivity index (χ0v) is 13.9. The van der Waals surface area contributed by atoms with Crippen molar-refractivity contribution in [2.24, 2.45) is 0 Å². The highest BCUT2D eigenvalue weighted by Crippen LogP contribution is 2.39. The molecule has 122 valence electrons. The van der Waals surface area contributed by atoms with Crippen molar-refractivity contribution in [1.29, 1.82) is 0 Å². The molecule has 0 saturated carbocycles. The number of hydrogen-bond donors (Lipinski definition) is 1. The van der Waals surface area contributed by atoms with Gasteiger partial charge in [-0.2, -0.15) is 0 Å². The van der Waals surface area contributed by atoms with E-state index in [9.17, 15) is 5.11 Å². The van der Waals surface area contributed by atoms with E-state index in [2.05, 4.69) is 12.0 Å². The van der Waals surface area contributed by atoms with Crippen molar-refractivity contribution in [1.82, 2.24) is 9.78 Å². The van der Waals surface area contributed by atoms with Crippen LogP contribution in [0.25, 0.3) is 28.1 Å². The van der Waals surface area contributed by atoms with Crippen molar-refractivity contribution < 1.29 is 5.11 Å². The molecule has 0 aliphatic heterocycles. The molecule has 0 bridgehead atoms. The van der Waals surface area contributed by atoms with E-state index in [1.807, 2.05) is 89.6 Å². The van der Waals surface area contributed by atoms with Gasteiger partial charge in [-0.3, -0.25) is 0 Å². The largest absolute Gasteiger partial charge is 0.492 e. The molecule has 3 aromatic carbocycles. The molecule has 1 aromatic heterocycles. The maximum Gasteiger partial charge on any atom is 0.239 e. The lowest BCUT2D eigenvalue weighted by Gasteiger charge is -2.10. The van der Waals surface area contributed by atoms with Crippen LogP contribution in [0, 0.1) is 6.92 Å². The average molecular weight is 326 g/mol. The Hall–Kier alpha value is -3.33. The number of nitrogens with zero attached hydrogens (tertiary/aromatic N) is 2. The molecule has 0 aliphatic rings. The van der Waals surface area contributed by atoms with Gasteiger partial charge in [-0.25, -0.2) is 4.68 Å². The van der Waals surface area contributed by atoms with E-state index in [4.69, 9.17) is 0 Å². The fourth-order valence-electron chi connectivity index (χ4n) is 3.01. The predicted octanol–water partition coefficient (Wildman–Crippen LogP) is 5.22. The second-order valence-electron chi connectivity index (χ2n) is 6.03. The van der Waals surface area contributed by atoms with Crippen molar-refractivity contribution in [2.45, 2.75) is 6.92 Å². The molecule has 0 saturated heterocycles. The van der Waals surface area contributed by atoms with Crippen molar-refractivity contribution in [3.05, 3.63) is 90.5 Å². The van der Waals surface area contributed by atoms with Gasteiger partial charge in [0.15, 0.2) is 0 Å². The molecule has 1 N–H and O–H groups in total. The van der Waals surface area contributed by atoms with Gasteiger partial charge in [0.25, 0.3) is 0 Å². The molecular weight excluding hydrogens is 308 g/mol. The average Bonchev–Trinajstić information content (AvgIpc) is 3.01. The molecule has 0 atom stereocenters. The van der Waals surface area contributed by atoms with Gasteiger partial charge < -0.3 is 5.11 Å². The maximum absolute atomic E-state index is 10.6. The van der Waals surface area contributed by atoms with Crippen LogP contribution in [0.5, 0.6) is 5.88 Å². The second kappa shape index (κ2) is 6.29. The lowest BCUT2D eigenvalue weighted by atomic mass is 10.0. The standard InChI is InChI=1S/C22H18N2O/c1-16-12-14-19(15-13-16)24-21(18-10-6-3-7-11-18)20(22(25)23-24)17-8-4-2-5-9-17/h2-15H,1H3,(H,23,25). The Morgan fingerprint density at radius 3 is 1.88 bits per heavy atom. The van der Waals surface area contributed by atoms with Crippen LogP contribution in [0.2, 0.25) is 0 Å². The molecule has 3 nitrogen and oxygen atoms in total. The van der Waals surface area contributed by atoms with Crippen LogP contribution in [0.3, 0.4) is 0 Å². The van der Waals surface area contributed by atoms with Crippen molar-refractivity contribution in [2.75, 3.05) is 0 Å². The van der Waals surface area contributed by atoms with Gasteiger partial charge in [-0.1, -0.05) is 78.4 Å². The maximum atomic E-state index is 10.6. The van der Waals surface area contributed by atoms with Crippen molar-refractivity contribution >= 4 is 0 Å². The first-order chi connectivity index (χ1) is 12.2. The minimum Gasteiger partial charge on any atom is -0.492 e.